The van der Waals surface area contributed by atoms with Crippen LogP contribution in [-0.2, 0) is 16.1 Å². The van der Waals surface area contributed by atoms with Gasteiger partial charge in [0.25, 0.3) is 0 Å². The Bertz CT molecular complexity index is 133. The number of hydrogen-bond acceptors (Lipinski definition) is 3. The minimum absolute atomic E-state index is 0.458. The third-order valence-electron chi connectivity index (χ3n) is 1.73. The van der Waals surface area contributed by atoms with E-state index in [1.807, 2.05) is 4.89 Å². The molecule has 0 aliphatic heterocycles. The maximum atomic E-state index is 9.94. The molecule has 0 aromatic heterocycles. The molecular weight excluding hydrogens is 190 g/mol. The Kier molecular flexibility index (Phi) is 10.1. The summed E-state index contributed by atoms with van der Waals surface area (Å²) in [7, 11) is 0. The van der Waals surface area contributed by atoms with Crippen molar-refractivity contribution in [1.82, 2.24) is 4.89 Å². The van der Waals surface area contributed by atoms with Gasteiger partial charge >= 0.3 is 0 Å². The zero-order chi connectivity index (χ0) is 9.94. The number of hydrogen-bond donors (Lipinski definition) is 1. The zero-order valence-electron chi connectivity index (χ0n) is 8.08. The maximum absolute atomic E-state index is 9.94. The average molecular weight is 208 g/mol. The first-order valence-corrected chi connectivity index (χ1v) is 5.81. The molecule has 0 radical (unpaired) electrons. The Labute approximate surface area is 82.4 Å². The predicted molar refractivity (Wildman–Crippen MR) is 51.4 cm³/mol. The molecule has 0 bridgehead atoms. The first kappa shape index (κ1) is 13.0. The highest BCUT2D eigenvalue weighted by molar-refractivity contribution is 7.76. The van der Waals surface area contributed by atoms with Gasteiger partial charge in [0.1, 0.15) is 0 Å². The van der Waals surface area contributed by atoms with Crippen LogP contribution in [0.3, 0.4) is 0 Å². The maximum Gasteiger partial charge on any atom is 0.0693 e. The van der Waals surface area contributed by atoms with E-state index in [0.717, 1.165) is 12.8 Å². The summed E-state index contributed by atoms with van der Waals surface area (Å²) in [5, 5.41) is 0. The van der Waals surface area contributed by atoms with Crippen molar-refractivity contribution < 1.29 is 13.6 Å². The fourth-order valence-corrected chi connectivity index (χ4v) is 1.22. The van der Waals surface area contributed by atoms with Gasteiger partial charge in [0, 0.05) is 11.3 Å². The summed E-state index contributed by atoms with van der Waals surface area (Å²) in [6.45, 7) is 2.64. The summed E-state index contributed by atoms with van der Waals surface area (Å²) in [5.74, 6) is 0. The van der Waals surface area contributed by atoms with E-state index < -0.39 is 11.3 Å². The number of rotatable bonds is 9. The van der Waals surface area contributed by atoms with E-state index in [1.54, 1.807) is 0 Å². The third kappa shape index (κ3) is 12.0. The summed E-state index contributed by atoms with van der Waals surface area (Å²) in [5.41, 5.74) is 0. The molecule has 0 amide bonds. The number of unbranched alkanes of at least 4 members (excludes halogenated alkanes) is 5. The minimum Gasteiger partial charge on any atom is -0.758 e. The van der Waals surface area contributed by atoms with Gasteiger partial charge in [-0.25, -0.2) is 0 Å². The Hall–Kier alpha value is 0.0300. The topological polar surface area (TPSA) is 61.4 Å². The number of nitrogens with one attached hydrogen (secondary N) is 1. The molecule has 0 fully saturated rings. The van der Waals surface area contributed by atoms with Crippen molar-refractivity contribution in [2.45, 2.75) is 45.4 Å². The Morgan fingerprint density at radius 1 is 1.23 bits per heavy atom. The van der Waals surface area contributed by atoms with E-state index in [-0.39, 0.29) is 0 Å². The lowest BCUT2D eigenvalue weighted by Gasteiger charge is -2.06. The summed E-state index contributed by atoms with van der Waals surface area (Å²) in [6.07, 6.45) is 7.01. The molecule has 0 aliphatic carbocycles. The van der Waals surface area contributed by atoms with Gasteiger partial charge in [-0.15, -0.1) is 4.89 Å². The van der Waals surface area contributed by atoms with Crippen molar-refractivity contribution >= 4 is 11.3 Å². The molecule has 0 saturated heterocycles. The lowest BCUT2D eigenvalue weighted by molar-refractivity contribution is 0.0880. The largest absolute Gasteiger partial charge is 0.758 e. The second kappa shape index (κ2) is 10.1. The zero-order valence-corrected chi connectivity index (χ0v) is 8.90. The fraction of sp³-hybridized carbons (Fsp3) is 1.00. The molecule has 1 atom stereocenters. The highest BCUT2D eigenvalue weighted by Gasteiger charge is 1.90. The Morgan fingerprint density at radius 3 is 2.46 bits per heavy atom. The standard InChI is InChI=1S/C8H19NO3S/c1-2-3-4-5-6-7-8-12-9-13(10)11/h9H,2-8H2,1H3,(H,10,11)/p-1. The van der Waals surface area contributed by atoms with Crippen LogP contribution in [-0.4, -0.2) is 15.4 Å². The van der Waals surface area contributed by atoms with E-state index in [9.17, 15) is 8.76 Å². The predicted octanol–water partition coefficient (Wildman–Crippen LogP) is 1.66. The Balaban J connectivity index is 2.87. The van der Waals surface area contributed by atoms with Gasteiger partial charge in [-0.2, -0.15) is 0 Å². The van der Waals surface area contributed by atoms with Gasteiger partial charge in [-0.3, -0.25) is 9.05 Å². The van der Waals surface area contributed by atoms with Crippen LogP contribution in [0.1, 0.15) is 45.4 Å². The van der Waals surface area contributed by atoms with Crippen molar-refractivity contribution in [1.29, 1.82) is 0 Å². The van der Waals surface area contributed by atoms with Crippen LogP contribution < -0.4 is 4.89 Å². The van der Waals surface area contributed by atoms with Gasteiger partial charge in [0.2, 0.25) is 0 Å². The van der Waals surface area contributed by atoms with Gasteiger partial charge in [0.15, 0.2) is 0 Å². The molecule has 5 heteroatoms. The lowest BCUT2D eigenvalue weighted by Crippen LogP contribution is -2.17. The van der Waals surface area contributed by atoms with Crippen LogP contribution >= 0.6 is 0 Å². The summed E-state index contributed by atoms with van der Waals surface area (Å²) in [4.78, 5) is 6.50. The molecule has 0 spiro atoms. The smallest absolute Gasteiger partial charge is 0.0693 e. The molecule has 1 unspecified atom stereocenters. The van der Waals surface area contributed by atoms with Crippen molar-refractivity contribution in [2.75, 3.05) is 6.61 Å². The second-order valence-electron chi connectivity index (χ2n) is 2.93. The van der Waals surface area contributed by atoms with Crippen LogP contribution in [0, 0.1) is 0 Å². The quantitative estimate of drug-likeness (QED) is 0.356. The van der Waals surface area contributed by atoms with Crippen molar-refractivity contribution in [3.05, 3.63) is 0 Å². The molecular formula is C8H18NO3S-. The van der Waals surface area contributed by atoms with Crippen molar-refractivity contribution in [2.24, 2.45) is 0 Å². The fourth-order valence-electron chi connectivity index (χ4n) is 1.04. The molecule has 0 aliphatic rings. The SMILES string of the molecule is CCCCCCCCONS(=O)[O-]. The molecule has 0 aromatic carbocycles. The van der Waals surface area contributed by atoms with Gasteiger partial charge in [0.05, 0.1) is 6.61 Å². The van der Waals surface area contributed by atoms with Crippen LogP contribution in [0.2, 0.25) is 0 Å². The van der Waals surface area contributed by atoms with Crippen molar-refractivity contribution in [3.8, 4) is 0 Å². The van der Waals surface area contributed by atoms with E-state index >= 15 is 0 Å². The van der Waals surface area contributed by atoms with Crippen molar-refractivity contribution in [3.63, 3.8) is 0 Å². The molecule has 13 heavy (non-hydrogen) atoms. The monoisotopic (exact) mass is 208 g/mol. The average Bonchev–Trinajstić information content (AvgIpc) is 2.09. The van der Waals surface area contributed by atoms with E-state index in [4.69, 9.17) is 0 Å². The lowest BCUT2D eigenvalue weighted by atomic mass is 10.1. The first-order valence-electron chi connectivity index (χ1n) is 4.74. The summed E-state index contributed by atoms with van der Waals surface area (Å²) >= 11 is -2.30. The normalized spacial score (nSPS) is 13.1. The molecule has 1 N–H and O–H groups in total. The van der Waals surface area contributed by atoms with Crippen LogP contribution in [0.15, 0.2) is 0 Å². The minimum atomic E-state index is -2.30. The molecule has 0 heterocycles. The van der Waals surface area contributed by atoms with Gasteiger partial charge < -0.3 is 4.55 Å². The summed E-state index contributed by atoms with van der Waals surface area (Å²) in [6, 6.07) is 0. The van der Waals surface area contributed by atoms with Crippen LogP contribution in [0.4, 0.5) is 0 Å². The van der Waals surface area contributed by atoms with E-state index in [0.29, 0.717) is 6.61 Å². The third-order valence-corrected chi connectivity index (χ3v) is 1.98. The van der Waals surface area contributed by atoms with Gasteiger partial charge in [-0.05, 0) is 6.42 Å². The molecule has 0 saturated carbocycles. The molecule has 80 valence electrons. The van der Waals surface area contributed by atoms with Crippen LogP contribution in [0.5, 0.6) is 0 Å². The van der Waals surface area contributed by atoms with Crippen LogP contribution in [0.25, 0.3) is 0 Å². The Morgan fingerprint density at radius 2 is 1.85 bits per heavy atom. The van der Waals surface area contributed by atoms with Gasteiger partial charge in [-0.1, -0.05) is 39.0 Å². The second-order valence-corrected chi connectivity index (χ2v) is 3.57. The van der Waals surface area contributed by atoms with E-state index in [2.05, 4.69) is 11.8 Å². The summed E-state index contributed by atoms with van der Waals surface area (Å²) < 4.78 is 19.9. The highest BCUT2D eigenvalue weighted by Crippen LogP contribution is 2.04. The van der Waals surface area contributed by atoms with E-state index in [1.165, 1.54) is 25.7 Å². The highest BCUT2D eigenvalue weighted by atomic mass is 32.2. The molecule has 4 nitrogen and oxygen atoms in total. The first-order chi connectivity index (χ1) is 6.27. The molecule has 0 rings (SSSR count). The molecule has 0 aromatic rings.